The van der Waals surface area contributed by atoms with Gasteiger partial charge < -0.3 is 4.57 Å². The Kier molecular flexibility index (Phi) is 5.18. The third kappa shape index (κ3) is 3.20. The number of aromatic nitrogens is 1. The minimum atomic E-state index is -1.43. The molecule has 0 saturated heterocycles. The Morgan fingerprint density at radius 2 is 1.09 bits per heavy atom. The van der Waals surface area contributed by atoms with Crippen LogP contribution in [-0.4, -0.2) is 4.57 Å². The van der Waals surface area contributed by atoms with Gasteiger partial charge in [0.25, 0.3) is 0 Å². The van der Waals surface area contributed by atoms with Gasteiger partial charge in [0.15, 0.2) is 17.5 Å². The molecule has 0 N–H and O–H groups in total. The zero-order valence-electron chi connectivity index (χ0n) is 17.1. The molecular weight excluding hydrogens is 543 g/mol. The van der Waals surface area contributed by atoms with Crippen molar-refractivity contribution < 1.29 is 13.2 Å². The van der Waals surface area contributed by atoms with Crippen LogP contribution in [0.15, 0.2) is 69.6 Å². The second-order valence-electron chi connectivity index (χ2n) is 7.77. The number of hydrogen-bond donors (Lipinski definition) is 0. The van der Waals surface area contributed by atoms with Crippen molar-refractivity contribution in [3.63, 3.8) is 0 Å². The molecule has 0 bridgehead atoms. The number of hydrogen-bond acceptors (Lipinski definition) is 0. The van der Waals surface area contributed by atoms with Crippen molar-refractivity contribution in [2.45, 2.75) is 13.8 Å². The first-order chi connectivity index (χ1) is 15.3. The second kappa shape index (κ2) is 7.78. The van der Waals surface area contributed by atoms with Gasteiger partial charge in [0.05, 0.1) is 11.0 Å². The first-order valence-electron chi connectivity index (χ1n) is 9.91. The topological polar surface area (TPSA) is 4.93 Å². The molecule has 1 heterocycles. The van der Waals surface area contributed by atoms with Crippen LogP contribution in [0.3, 0.4) is 0 Å². The Bertz CT molecular complexity index is 1450. The van der Waals surface area contributed by atoms with Crippen LogP contribution >= 0.6 is 31.9 Å². The van der Waals surface area contributed by atoms with Crippen molar-refractivity contribution in [3.8, 4) is 16.8 Å². The van der Waals surface area contributed by atoms with E-state index in [1.807, 2.05) is 36.4 Å². The molecule has 0 unspecified atom stereocenters. The van der Waals surface area contributed by atoms with Crippen LogP contribution in [0.1, 0.15) is 11.1 Å². The minimum absolute atomic E-state index is 0.0979. The molecule has 0 saturated carbocycles. The smallest absolute Gasteiger partial charge is 0.194 e. The van der Waals surface area contributed by atoms with E-state index in [1.54, 1.807) is 0 Å². The maximum atomic E-state index is 14.2. The molecule has 6 heteroatoms. The van der Waals surface area contributed by atoms with Crippen LogP contribution < -0.4 is 0 Å². The summed E-state index contributed by atoms with van der Waals surface area (Å²) in [7, 11) is 0. The molecule has 1 aromatic heterocycles. The van der Waals surface area contributed by atoms with Crippen molar-refractivity contribution in [2.24, 2.45) is 0 Å². The summed E-state index contributed by atoms with van der Waals surface area (Å²) in [5.41, 5.74) is 4.20. The van der Waals surface area contributed by atoms with Crippen molar-refractivity contribution in [1.82, 2.24) is 4.57 Å². The second-order valence-corrected chi connectivity index (χ2v) is 9.60. The summed E-state index contributed by atoms with van der Waals surface area (Å²) < 4.78 is 46.3. The summed E-state index contributed by atoms with van der Waals surface area (Å²) in [4.78, 5) is 0. The Hall–Kier alpha value is -2.57. The Balaban J connectivity index is 1.72. The molecule has 32 heavy (non-hydrogen) atoms. The van der Waals surface area contributed by atoms with Gasteiger partial charge in [0.1, 0.15) is 0 Å². The quantitative estimate of drug-likeness (QED) is 0.190. The molecule has 4 aromatic carbocycles. The summed E-state index contributed by atoms with van der Waals surface area (Å²) in [6.07, 6.45) is 0. The highest BCUT2D eigenvalue weighted by atomic mass is 79.9. The van der Waals surface area contributed by atoms with E-state index in [4.69, 9.17) is 0 Å². The lowest BCUT2D eigenvalue weighted by Gasteiger charge is -2.14. The predicted octanol–water partition coefficient (Wildman–Crippen LogP) is 9.01. The molecule has 160 valence electrons. The summed E-state index contributed by atoms with van der Waals surface area (Å²) in [5.74, 6) is -3.72. The fraction of sp³-hybridized carbons (Fsp3) is 0.0769. The summed E-state index contributed by atoms with van der Waals surface area (Å²) in [5, 5.41) is 2.21. The summed E-state index contributed by atoms with van der Waals surface area (Å²) in [6, 6.07) is 19.7. The van der Waals surface area contributed by atoms with E-state index < -0.39 is 17.5 Å². The molecule has 5 rings (SSSR count). The van der Waals surface area contributed by atoms with E-state index in [9.17, 15) is 13.2 Å². The largest absolute Gasteiger partial charge is 0.309 e. The van der Waals surface area contributed by atoms with Gasteiger partial charge in [-0.25, -0.2) is 13.2 Å². The molecule has 0 aliphatic rings. The average molecular weight is 559 g/mol. The Morgan fingerprint density at radius 3 is 1.56 bits per heavy atom. The maximum Gasteiger partial charge on any atom is 0.194 e. The number of benzene rings is 4. The lowest BCUT2D eigenvalue weighted by Crippen LogP contribution is -2.02. The normalized spacial score (nSPS) is 11.6. The highest BCUT2D eigenvalue weighted by Crippen LogP contribution is 2.37. The van der Waals surface area contributed by atoms with Gasteiger partial charge in [-0.3, -0.25) is 0 Å². The molecule has 0 spiro atoms. The number of rotatable bonds is 2. The van der Waals surface area contributed by atoms with Gasteiger partial charge in [0, 0.05) is 25.4 Å². The zero-order valence-corrected chi connectivity index (χ0v) is 20.3. The predicted molar refractivity (Wildman–Crippen MR) is 131 cm³/mol. The van der Waals surface area contributed by atoms with Crippen LogP contribution in [0.4, 0.5) is 13.2 Å². The van der Waals surface area contributed by atoms with Crippen LogP contribution in [0.25, 0.3) is 38.6 Å². The Morgan fingerprint density at radius 1 is 0.625 bits per heavy atom. The van der Waals surface area contributed by atoms with Crippen LogP contribution in [0.5, 0.6) is 0 Å². The first kappa shape index (κ1) is 21.3. The van der Waals surface area contributed by atoms with Gasteiger partial charge in [-0.05, 0) is 84.6 Å². The molecule has 1 nitrogen and oxygen atoms in total. The maximum absolute atomic E-state index is 14.2. The molecule has 0 fully saturated rings. The fourth-order valence-electron chi connectivity index (χ4n) is 4.38. The van der Waals surface area contributed by atoms with E-state index in [1.165, 1.54) is 13.8 Å². The van der Waals surface area contributed by atoms with Crippen LogP contribution in [0.2, 0.25) is 0 Å². The van der Waals surface area contributed by atoms with Gasteiger partial charge in [0.2, 0.25) is 0 Å². The first-order valence-corrected chi connectivity index (χ1v) is 11.5. The zero-order chi connectivity index (χ0) is 22.7. The SMILES string of the molecule is Cc1c(F)c(F)c(F)c(C)c1-c1ccc(-n2c3ccc(Br)cc3c3cc(Br)ccc32)cc1. The summed E-state index contributed by atoms with van der Waals surface area (Å²) >= 11 is 7.12. The van der Waals surface area contributed by atoms with Gasteiger partial charge in [-0.2, -0.15) is 0 Å². The number of fused-ring (bicyclic) bond motifs is 3. The standard InChI is InChI=1S/C26H16Br2F3N/c1-13-23(14(2)25(30)26(31)24(13)29)15-3-7-18(8-4-15)32-21-9-5-16(27)11-19(21)20-12-17(28)6-10-22(20)32/h3-12H,1-2H3. The van der Waals surface area contributed by atoms with Crippen LogP contribution in [0, 0.1) is 31.3 Å². The molecule has 0 radical (unpaired) electrons. The molecular formula is C26H16Br2F3N. The number of halogens is 5. The van der Waals surface area contributed by atoms with Gasteiger partial charge in [-0.15, -0.1) is 0 Å². The number of nitrogens with zero attached hydrogens (tertiary/aromatic N) is 1. The summed E-state index contributed by atoms with van der Waals surface area (Å²) in [6.45, 7) is 2.94. The van der Waals surface area contributed by atoms with Crippen LogP contribution in [-0.2, 0) is 0 Å². The van der Waals surface area contributed by atoms with Crippen molar-refractivity contribution >= 4 is 53.7 Å². The van der Waals surface area contributed by atoms with Gasteiger partial charge in [-0.1, -0.05) is 44.0 Å². The van der Waals surface area contributed by atoms with E-state index >= 15 is 0 Å². The van der Waals surface area contributed by atoms with E-state index in [0.717, 1.165) is 36.4 Å². The molecule has 0 aliphatic heterocycles. The fourth-order valence-corrected chi connectivity index (χ4v) is 5.10. The van der Waals surface area contributed by atoms with E-state index in [0.29, 0.717) is 11.1 Å². The Labute approximate surface area is 199 Å². The third-order valence-corrected chi connectivity index (χ3v) is 6.88. The molecule has 0 amide bonds. The van der Waals surface area contributed by atoms with E-state index in [-0.39, 0.29) is 11.1 Å². The monoisotopic (exact) mass is 557 g/mol. The lowest BCUT2D eigenvalue weighted by molar-refractivity contribution is 0.440. The third-order valence-electron chi connectivity index (χ3n) is 5.90. The molecule has 5 aromatic rings. The molecule has 0 aliphatic carbocycles. The minimum Gasteiger partial charge on any atom is -0.309 e. The van der Waals surface area contributed by atoms with E-state index in [2.05, 4.69) is 60.7 Å². The lowest BCUT2D eigenvalue weighted by atomic mass is 9.94. The van der Waals surface area contributed by atoms with Crippen molar-refractivity contribution in [3.05, 3.63) is 98.2 Å². The highest BCUT2D eigenvalue weighted by molar-refractivity contribution is 9.10. The molecule has 0 atom stereocenters. The van der Waals surface area contributed by atoms with Crippen molar-refractivity contribution in [2.75, 3.05) is 0 Å². The van der Waals surface area contributed by atoms with Gasteiger partial charge >= 0.3 is 0 Å². The van der Waals surface area contributed by atoms with Crippen molar-refractivity contribution in [1.29, 1.82) is 0 Å². The highest BCUT2D eigenvalue weighted by Gasteiger charge is 2.21. The average Bonchev–Trinajstić information content (AvgIpc) is 3.10.